The molecule has 2 fully saturated rings. The van der Waals surface area contributed by atoms with Crippen LogP contribution >= 0.6 is 0 Å². The number of piperidine rings is 1. The Kier molecular flexibility index (Phi) is 5.64. The third kappa shape index (κ3) is 4.04. The van der Waals surface area contributed by atoms with Crippen molar-refractivity contribution in [2.75, 3.05) is 19.6 Å². The van der Waals surface area contributed by atoms with Crippen LogP contribution in [0.5, 0.6) is 0 Å². The Labute approximate surface area is 174 Å². The summed E-state index contributed by atoms with van der Waals surface area (Å²) in [5.74, 6) is 0. The van der Waals surface area contributed by atoms with Gasteiger partial charge in [-0.3, -0.25) is 4.90 Å². The summed E-state index contributed by atoms with van der Waals surface area (Å²) in [5, 5.41) is 3.10. The van der Waals surface area contributed by atoms with Gasteiger partial charge in [0.15, 0.2) is 0 Å². The van der Waals surface area contributed by atoms with Gasteiger partial charge in [0.2, 0.25) is 0 Å². The normalized spacial score (nSPS) is 21.2. The Bertz CT molecular complexity index is 823. The highest BCUT2D eigenvalue weighted by molar-refractivity contribution is 5.74. The third-order valence-corrected chi connectivity index (χ3v) is 6.80. The molecule has 4 rings (SSSR count). The van der Waals surface area contributed by atoms with Gasteiger partial charge in [0.05, 0.1) is 0 Å². The molecule has 0 bridgehead atoms. The van der Waals surface area contributed by atoms with Crippen molar-refractivity contribution in [2.24, 2.45) is 5.41 Å². The van der Waals surface area contributed by atoms with Gasteiger partial charge in [-0.1, -0.05) is 60.2 Å². The molecule has 2 aromatic carbocycles. The van der Waals surface area contributed by atoms with Crippen LogP contribution in [0.25, 0.3) is 0 Å². The maximum Gasteiger partial charge on any atom is 0.317 e. The number of aryl methyl sites for hydroxylation is 1. The highest BCUT2D eigenvalue weighted by Gasteiger charge is 2.54. The first-order valence-corrected chi connectivity index (χ1v) is 10.9. The Balaban J connectivity index is 1.36. The van der Waals surface area contributed by atoms with E-state index in [1.54, 1.807) is 0 Å². The number of urea groups is 1. The van der Waals surface area contributed by atoms with Crippen molar-refractivity contribution in [3.05, 3.63) is 71.3 Å². The molecule has 1 N–H and O–H groups in total. The Morgan fingerprint density at radius 1 is 1.07 bits per heavy atom. The van der Waals surface area contributed by atoms with Crippen molar-refractivity contribution >= 4 is 6.03 Å². The molecule has 0 aliphatic carbocycles. The number of likely N-dealkylation sites (tertiary alicyclic amines) is 2. The predicted octanol–water partition coefficient (Wildman–Crippen LogP) is 4.75. The number of hydrogen-bond acceptors (Lipinski definition) is 2. The Morgan fingerprint density at radius 3 is 2.34 bits per heavy atom. The van der Waals surface area contributed by atoms with E-state index in [2.05, 4.69) is 85.6 Å². The monoisotopic (exact) mass is 391 g/mol. The molecule has 4 nitrogen and oxygen atoms in total. The van der Waals surface area contributed by atoms with Gasteiger partial charge in [0.1, 0.15) is 0 Å². The van der Waals surface area contributed by atoms with Gasteiger partial charge in [0, 0.05) is 43.7 Å². The van der Waals surface area contributed by atoms with Crippen LogP contribution < -0.4 is 5.32 Å². The molecular formula is C25H33N3O. The van der Waals surface area contributed by atoms with Crippen molar-refractivity contribution < 1.29 is 4.79 Å². The molecular weight excluding hydrogens is 358 g/mol. The average Bonchev–Trinajstić information content (AvgIpc) is 2.72. The van der Waals surface area contributed by atoms with E-state index in [4.69, 9.17) is 0 Å². The first-order chi connectivity index (χ1) is 14.0. The number of nitrogens with zero attached hydrogens (tertiary/aromatic N) is 2. The standard InChI is InChI=1S/C25H33N3O/c1-19(2)28-18-25(23(28)22-7-5-4-6-8-22)13-15-27(16-14-25)24(29)26-17-21-11-9-20(3)10-12-21/h4-12,19,23H,13-18H2,1-3H3,(H,26,29). The van der Waals surface area contributed by atoms with E-state index in [9.17, 15) is 4.79 Å². The van der Waals surface area contributed by atoms with Crippen LogP contribution in [0.3, 0.4) is 0 Å². The van der Waals surface area contributed by atoms with Crippen LogP contribution in [0, 0.1) is 12.3 Å². The second-order valence-corrected chi connectivity index (χ2v) is 9.07. The maximum absolute atomic E-state index is 12.7. The quantitative estimate of drug-likeness (QED) is 0.816. The fourth-order valence-electron chi connectivity index (χ4n) is 5.02. The molecule has 154 valence electrons. The zero-order chi connectivity index (χ0) is 20.4. The summed E-state index contributed by atoms with van der Waals surface area (Å²) in [7, 11) is 0. The molecule has 2 aromatic rings. The largest absolute Gasteiger partial charge is 0.334 e. The summed E-state index contributed by atoms with van der Waals surface area (Å²) in [6, 6.07) is 20.3. The molecule has 1 atom stereocenters. The van der Waals surface area contributed by atoms with Gasteiger partial charge in [-0.05, 0) is 44.7 Å². The lowest BCUT2D eigenvalue weighted by molar-refractivity contribution is -0.123. The second kappa shape index (κ2) is 8.19. The average molecular weight is 392 g/mol. The van der Waals surface area contributed by atoms with Crippen LogP contribution in [0.15, 0.2) is 54.6 Å². The van der Waals surface area contributed by atoms with Crippen LogP contribution in [-0.2, 0) is 6.54 Å². The van der Waals surface area contributed by atoms with Crippen molar-refractivity contribution in [1.82, 2.24) is 15.1 Å². The summed E-state index contributed by atoms with van der Waals surface area (Å²) in [6.45, 7) is 10.1. The summed E-state index contributed by atoms with van der Waals surface area (Å²) in [5.41, 5.74) is 4.11. The van der Waals surface area contributed by atoms with Crippen LogP contribution in [0.2, 0.25) is 0 Å². The van der Waals surface area contributed by atoms with Crippen molar-refractivity contribution in [1.29, 1.82) is 0 Å². The molecule has 4 heteroatoms. The van der Waals surface area contributed by atoms with Gasteiger partial charge in [-0.15, -0.1) is 0 Å². The SMILES string of the molecule is Cc1ccc(CNC(=O)N2CCC3(CC2)CN(C(C)C)C3c2ccccc2)cc1. The molecule has 0 radical (unpaired) electrons. The molecule has 2 amide bonds. The first kappa shape index (κ1) is 20.0. The molecule has 2 aliphatic rings. The van der Waals surface area contributed by atoms with E-state index in [0.717, 1.165) is 38.0 Å². The second-order valence-electron chi connectivity index (χ2n) is 9.07. The van der Waals surface area contributed by atoms with Crippen molar-refractivity contribution in [3.8, 4) is 0 Å². The number of rotatable bonds is 4. The topological polar surface area (TPSA) is 35.6 Å². The van der Waals surface area contributed by atoms with Gasteiger partial charge >= 0.3 is 6.03 Å². The van der Waals surface area contributed by atoms with Crippen LogP contribution in [-0.4, -0.2) is 41.5 Å². The minimum absolute atomic E-state index is 0.0664. The Morgan fingerprint density at radius 2 is 1.72 bits per heavy atom. The summed E-state index contributed by atoms with van der Waals surface area (Å²) >= 11 is 0. The minimum atomic E-state index is 0.0664. The van der Waals surface area contributed by atoms with E-state index in [-0.39, 0.29) is 6.03 Å². The van der Waals surface area contributed by atoms with Crippen molar-refractivity contribution in [3.63, 3.8) is 0 Å². The van der Waals surface area contributed by atoms with E-state index < -0.39 is 0 Å². The number of carbonyl (C=O) groups is 1. The summed E-state index contributed by atoms with van der Waals surface area (Å²) in [6.07, 6.45) is 2.15. The zero-order valence-electron chi connectivity index (χ0n) is 17.9. The fourth-order valence-corrected chi connectivity index (χ4v) is 5.02. The molecule has 2 heterocycles. The minimum Gasteiger partial charge on any atom is -0.334 e. The molecule has 2 aliphatic heterocycles. The summed E-state index contributed by atoms with van der Waals surface area (Å²) < 4.78 is 0. The van der Waals surface area contributed by atoms with Gasteiger partial charge in [-0.2, -0.15) is 0 Å². The molecule has 0 saturated carbocycles. The number of amides is 2. The highest BCUT2D eigenvalue weighted by Crippen LogP contribution is 2.55. The molecule has 2 saturated heterocycles. The maximum atomic E-state index is 12.7. The molecule has 1 spiro atoms. The lowest BCUT2D eigenvalue weighted by atomic mass is 9.62. The molecule has 1 unspecified atom stereocenters. The zero-order valence-corrected chi connectivity index (χ0v) is 17.9. The number of hydrogen-bond donors (Lipinski definition) is 1. The number of carbonyl (C=O) groups excluding carboxylic acids is 1. The third-order valence-electron chi connectivity index (χ3n) is 6.80. The fraction of sp³-hybridized carbons (Fsp3) is 0.480. The highest BCUT2D eigenvalue weighted by atomic mass is 16.2. The van der Waals surface area contributed by atoms with E-state index in [1.165, 1.54) is 11.1 Å². The molecule has 0 aromatic heterocycles. The van der Waals surface area contributed by atoms with E-state index >= 15 is 0 Å². The van der Waals surface area contributed by atoms with Crippen LogP contribution in [0.4, 0.5) is 4.79 Å². The Hall–Kier alpha value is -2.33. The van der Waals surface area contributed by atoms with Gasteiger partial charge < -0.3 is 10.2 Å². The van der Waals surface area contributed by atoms with Gasteiger partial charge in [-0.25, -0.2) is 4.79 Å². The van der Waals surface area contributed by atoms with E-state index in [1.807, 2.05) is 4.90 Å². The van der Waals surface area contributed by atoms with Crippen LogP contribution in [0.1, 0.15) is 49.4 Å². The lowest BCUT2D eigenvalue weighted by Crippen LogP contribution is -2.64. The first-order valence-electron chi connectivity index (χ1n) is 10.9. The molecule has 29 heavy (non-hydrogen) atoms. The summed E-state index contributed by atoms with van der Waals surface area (Å²) in [4.78, 5) is 17.3. The number of benzene rings is 2. The smallest absolute Gasteiger partial charge is 0.317 e. The van der Waals surface area contributed by atoms with Crippen molar-refractivity contribution in [2.45, 2.75) is 52.2 Å². The number of nitrogens with one attached hydrogen (secondary N) is 1. The van der Waals surface area contributed by atoms with Gasteiger partial charge in [0.25, 0.3) is 0 Å². The predicted molar refractivity (Wildman–Crippen MR) is 118 cm³/mol. The van der Waals surface area contributed by atoms with E-state index in [0.29, 0.717) is 24.0 Å². The lowest BCUT2D eigenvalue weighted by Gasteiger charge is -2.62.